The molecule has 0 saturated heterocycles. The largest absolute Gasteiger partial charge is 0.465 e. The number of nitrogens with one attached hydrogen (secondary N) is 2. The van der Waals surface area contributed by atoms with Gasteiger partial charge in [-0.1, -0.05) is 32.4 Å². The highest BCUT2D eigenvalue weighted by atomic mass is 32.1. The number of anilines is 3. The van der Waals surface area contributed by atoms with Crippen LogP contribution in [0, 0.1) is 0 Å². The zero-order valence-corrected chi connectivity index (χ0v) is 17.9. The summed E-state index contributed by atoms with van der Waals surface area (Å²) in [6.07, 6.45) is 3.19. The molecule has 0 saturated carbocycles. The van der Waals surface area contributed by atoms with Crippen molar-refractivity contribution >= 4 is 40.4 Å². The van der Waals surface area contributed by atoms with Crippen LogP contribution < -0.4 is 15.5 Å². The Balaban J connectivity index is 2.21. The number of aryl methyl sites for hydroxylation is 1. The number of hydrogen-bond donors (Lipinski definition) is 2. The molecule has 2 aromatic carbocycles. The van der Waals surface area contributed by atoms with Crippen LogP contribution in [0.4, 0.5) is 17.1 Å². The molecule has 0 aromatic heterocycles. The Morgan fingerprint density at radius 1 is 1.11 bits per heavy atom. The number of carbonyl (C=O) groups excluding carboxylic acids is 1. The summed E-state index contributed by atoms with van der Waals surface area (Å²) < 4.78 is 4.85. The Morgan fingerprint density at radius 3 is 2.43 bits per heavy atom. The summed E-state index contributed by atoms with van der Waals surface area (Å²) >= 11 is 5.49. The van der Waals surface area contributed by atoms with Crippen LogP contribution in [0.5, 0.6) is 0 Å². The number of thiocarbonyl (C=S) groups is 1. The second kappa shape index (κ2) is 10.7. The van der Waals surface area contributed by atoms with Gasteiger partial charge < -0.3 is 20.3 Å². The number of ether oxygens (including phenoxy) is 1. The van der Waals surface area contributed by atoms with Gasteiger partial charge >= 0.3 is 5.97 Å². The summed E-state index contributed by atoms with van der Waals surface area (Å²) in [5.41, 5.74) is 4.42. The van der Waals surface area contributed by atoms with Gasteiger partial charge in [-0.05, 0) is 61.0 Å². The van der Waals surface area contributed by atoms with Crippen molar-refractivity contribution in [2.45, 2.75) is 33.1 Å². The number of unbranched alkanes of at least 4 members (excludes halogenated alkanes) is 1. The third-order valence-electron chi connectivity index (χ3n) is 4.54. The molecule has 2 rings (SSSR count). The Labute approximate surface area is 173 Å². The smallest absolute Gasteiger partial charge is 0.337 e. The van der Waals surface area contributed by atoms with Crippen molar-refractivity contribution in [3.63, 3.8) is 0 Å². The SMILES string of the molecule is CCCCN(C)c1ccc(C(=O)OC)cc1NC(=S)Nc1ccc(CC)cc1. The number of rotatable bonds is 8. The van der Waals surface area contributed by atoms with E-state index in [0.717, 1.165) is 42.9 Å². The molecule has 0 spiro atoms. The molecule has 0 bridgehead atoms. The van der Waals surface area contributed by atoms with E-state index in [-0.39, 0.29) is 5.97 Å². The highest BCUT2D eigenvalue weighted by Crippen LogP contribution is 2.27. The van der Waals surface area contributed by atoms with E-state index in [1.165, 1.54) is 12.7 Å². The first-order valence-corrected chi connectivity index (χ1v) is 9.99. The predicted molar refractivity (Wildman–Crippen MR) is 122 cm³/mol. The zero-order chi connectivity index (χ0) is 20.5. The first-order valence-electron chi connectivity index (χ1n) is 9.58. The summed E-state index contributed by atoms with van der Waals surface area (Å²) in [7, 11) is 3.41. The lowest BCUT2D eigenvalue weighted by atomic mass is 10.1. The number of methoxy groups -OCH3 is 1. The van der Waals surface area contributed by atoms with E-state index < -0.39 is 0 Å². The molecule has 0 heterocycles. The van der Waals surface area contributed by atoms with E-state index in [0.29, 0.717) is 10.7 Å². The molecule has 150 valence electrons. The van der Waals surface area contributed by atoms with E-state index in [1.54, 1.807) is 12.1 Å². The third-order valence-corrected chi connectivity index (χ3v) is 4.75. The van der Waals surface area contributed by atoms with Gasteiger partial charge in [-0.15, -0.1) is 0 Å². The second-order valence-corrected chi connectivity index (χ2v) is 7.04. The van der Waals surface area contributed by atoms with Crippen molar-refractivity contribution in [2.24, 2.45) is 0 Å². The zero-order valence-electron chi connectivity index (χ0n) is 17.0. The first kappa shape index (κ1) is 21.7. The van der Waals surface area contributed by atoms with Gasteiger partial charge in [0.05, 0.1) is 24.0 Å². The van der Waals surface area contributed by atoms with Gasteiger partial charge in [-0.2, -0.15) is 0 Å². The van der Waals surface area contributed by atoms with Crippen molar-refractivity contribution in [3.05, 3.63) is 53.6 Å². The van der Waals surface area contributed by atoms with Gasteiger partial charge in [-0.3, -0.25) is 0 Å². The summed E-state index contributed by atoms with van der Waals surface area (Å²) in [5.74, 6) is -0.375. The Morgan fingerprint density at radius 2 is 1.82 bits per heavy atom. The molecule has 5 nitrogen and oxygen atoms in total. The van der Waals surface area contributed by atoms with Crippen LogP contribution in [0.2, 0.25) is 0 Å². The summed E-state index contributed by atoms with van der Waals surface area (Å²) in [4.78, 5) is 14.1. The minimum Gasteiger partial charge on any atom is -0.465 e. The molecule has 6 heteroatoms. The van der Waals surface area contributed by atoms with Crippen molar-refractivity contribution in [2.75, 3.05) is 36.2 Å². The topological polar surface area (TPSA) is 53.6 Å². The predicted octanol–water partition coefficient (Wildman–Crippen LogP) is 5.08. The maximum atomic E-state index is 11.9. The fraction of sp³-hybridized carbons (Fsp3) is 0.364. The molecule has 28 heavy (non-hydrogen) atoms. The quantitative estimate of drug-likeness (QED) is 0.477. The summed E-state index contributed by atoms with van der Waals surface area (Å²) in [6, 6.07) is 13.6. The Kier molecular flexibility index (Phi) is 8.26. The summed E-state index contributed by atoms with van der Waals surface area (Å²) in [5, 5.41) is 6.90. The van der Waals surface area contributed by atoms with Crippen molar-refractivity contribution in [1.29, 1.82) is 0 Å². The van der Waals surface area contributed by atoms with Crippen LogP contribution in [-0.2, 0) is 11.2 Å². The van der Waals surface area contributed by atoms with Crippen LogP contribution in [0.25, 0.3) is 0 Å². The molecule has 0 atom stereocenters. The van der Waals surface area contributed by atoms with Gasteiger partial charge in [0.15, 0.2) is 5.11 Å². The van der Waals surface area contributed by atoms with Gasteiger partial charge in [0.25, 0.3) is 0 Å². The lowest BCUT2D eigenvalue weighted by Gasteiger charge is -2.24. The molecule has 0 aliphatic rings. The van der Waals surface area contributed by atoms with Crippen LogP contribution in [0.3, 0.4) is 0 Å². The van der Waals surface area contributed by atoms with Gasteiger partial charge in [-0.25, -0.2) is 4.79 Å². The third kappa shape index (κ3) is 5.96. The molecule has 0 aliphatic carbocycles. The number of carbonyl (C=O) groups is 1. The highest BCUT2D eigenvalue weighted by molar-refractivity contribution is 7.80. The van der Waals surface area contributed by atoms with Crippen LogP contribution in [-0.4, -0.2) is 31.8 Å². The molecule has 2 aromatic rings. The first-order chi connectivity index (χ1) is 13.5. The fourth-order valence-electron chi connectivity index (χ4n) is 2.84. The maximum Gasteiger partial charge on any atom is 0.337 e. The number of benzene rings is 2. The molecule has 0 radical (unpaired) electrons. The van der Waals surface area contributed by atoms with Gasteiger partial charge in [0.1, 0.15) is 0 Å². The average molecular weight is 400 g/mol. The van der Waals surface area contributed by atoms with E-state index in [4.69, 9.17) is 17.0 Å². The van der Waals surface area contributed by atoms with E-state index >= 15 is 0 Å². The lowest BCUT2D eigenvalue weighted by molar-refractivity contribution is 0.0601. The minimum absolute atomic E-state index is 0.375. The molecule has 0 aliphatic heterocycles. The van der Waals surface area contributed by atoms with Crippen molar-refractivity contribution in [3.8, 4) is 0 Å². The molecule has 0 fully saturated rings. The minimum atomic E-state index is -0.375. The van der Waals surface area contributed by atoms with Crippen LogP contribution in [0.1, 0.15) is 42.6 Å². The maximum absolute atomic E-state index is 11.9. The lowest BCUT2D eigenvalue weighted by Crippen LogP contribution is -2.24. The second-order valence-electron chi connectivity index (χ2n) is 6.63. The number of hydrogen-bond acceptors (Lipinski definition) is 4. The van der Waals surface area contributed by atoms with E-state index in [1.807, 2.05) is 25.2 Å². The van der Waals surface area contributed by atoms with E-state index in [2.05, 4.69) is 41.5 Å². The van der Waals surface area contributed by atoms with E-state index in [9.17, 15) is 4.79 Å². The molecule has 0 unspecified atom stereocenters. The Hall–Kier alpha value is -2.60. The standard InChI is InChI=1S/C22H29N3O2S/c1-5-7-14-25(3)20-13-10-17(21(26)27-4)15-19(20)24-22(28)23-18-11-8-16(6-2)9-12-18/h8-13,15H,5-7,14H2,1-4H3,(H2,23,24,28). The normalized spacial score (nSPS) is 10.3. The van der Waals surface area contributed by atoms with Crippen LogP contribution in [0.15, 0.2) is 42.5 Å². The molecular formula is C22H29N3O2S. The fourth-order valence-corrected chi connectivity index (χ4v) is 3.07. The molecule has 0 amide bonds. The molecule has 2 N–H and O–H groups in total. The molecular weight excluding hydrogens is 370 g/mol. The Bertz CT molecular complexity index is 806. The summed E-state index contributed by atoms with van der Waals surface area (Å²) in [6.45, 7) is 5.21. The van der Waals surface area contributed by atoms with Crippen molar-refractivity contribution < 1.29 is 9.53 Å². The van der Waals surface area contributed by atoms with Crippen molar-refractivity contribution in [1.82, 2.24) is 0 Å². The highest BCUT2D eigenvalue weighted by Gasteiger charge is 2.14. The van der Waals surface area contributed by atoms with Crippen LogP contribution >= 0.6 is 12.2 Å². The number of esters is 1. The van der Waals surface area contributed by atoms with Gasteiger partial charge in [0.2, 0.25) is 0 Å². The van der Waals surface area contributed by atoms with Gasteiger partial charge in [0, 0.05) is 19.3 Å². The average Bonchev–Trinajstić information content (AvgIpc) is 2.71. The number of nitrogens with zero attached hydrogens (tertiary/aromatic N) is 1. The monoisotopic (exact) mass is 399 g/mol.